The lowest BCUT2D eigenvalue weighted by atomic mass is 10.1. The molecule has 0 bridgehead atoms. The Morgan fingerprint density at radius 3 is 2.72 bits per heavy atom. The molecule has 2 aliphatic rings. The van der Waals surface area contributed by atoms with Crippen LogP contribution in [0.15, 0.2) is 24.3 Å². The zero-order valence-electron chi connectivity index (χ0n) is 14.9. The second-order valence-electron chi connectivity index (χ2n) is 6.88. The Kier molecular flexibility index (Phi) is 4.99. The summed E-state index contributed by atoms with van der Waals surface area (Å²) in [6.45, 7) is 7.67. The molecule has 134 valence electrons. The van der Waals surface area contributed by atoms with Crippen molar-refractivity contribution in [3.63, 3.8) is 0 Å². The Bertz CT molecular complexity index is 677. The van der Waals surface area contributed by atoms with Crippen molar-refractivity contribution in [3.05, 3.63) is 41.5 Å². The van der Waals surface area contributed by atoms with Crippen LogP contribution in [-0.2, 0) is 30.7 Å². The van der Waals surface area contributed by atoms with Gasteiger partial charge in [0.2, 0.25) is 0 Å². The number of aryl methyl sites for hydroxylation is 2. The SMILES string of the molecule is CCc1nnc2n1C[C@H](NCc1ccc(N3CCOCC3)cc1)CC2. The molecule has 1 aromatic carbocycles. The van der Waals surface area contributed by atoms with Crippen molar-refractivity contribution in [2.45, 2.75) is 45.3 Å². The normalized spacial score (nSPS) is 20.5. The lowest BCUT2D eigenvalue weighted by molar-refractivity contribution is 0.122. The predicted octanol–water partition coefficient (Wildman–Crippen LogP) is 1.78. The van der Waals surface area contributed by atoms with Crippen LogP contribution in [0.3, 0.4) is 0 Å². The van der Waals surface area contributed by atoms with Crippen LogP contribution in [0.25, 0.3) is 0 Å². The van der Waals surface area contributed by atoms with Gasteiger partial charge in [0.15, 0.2) is 0 Å². The van der Waals surface area contributed by atoms with E-state index < -0.39 is 0 Å². The Balaban J connectivity index is 1.32. The van der Waals surface area contributed by atoms with E-state index >= 15 is 0 Å². The number of morpholine rings is 1. The van der Waals surface area contributed by atoms with E-state index in [0.717, 1.165) is 70.3 Å². The fourth-order valence-corrected chi connectivity index (χ4v) is 3.72. The number of nitrogens with one attached hydrogen (secondary N) is 1. The van der Waals surface area contributed by atoms with Gasteiger partial charge in [0.25, 0.3) is 0 Å². The molecule has 0 amide bonds. The molecule has 1 saturated heterocycles. The van der Waals surface area contributed by atoms with Crippen LogP contribution >= 0.6 is 0 Å². The van der Waals surface area contributed by atoms with Crippen LogP contribution in [-0.4, -0.2) is 47.1 Å². The lowest BCUT2D eigenvalue weighted by Crippen LogP contribution is -2.37. The van der Waals surface area contributed by atoms with Crippen LogP contribution in [0.5, 0.6) is 0 Å². The van der Waals surface area contributed by atoms with Crippen molar-refractivity contribution in [3.8, 4) is 0 Å². The molecule has 1 aromatic heterocycles. The van der Waals surface area contributed by atoms with Gasteiger partial charge in [0.1, 0.15) is 11.6 Å². The first-order chi connectivity index (χ1) is 12.3. The molecule has 4 rings (SSSR count). The Morgan fingerprint density at radius 1 is 1.16 bits per heavy atom. The van der Waals surface area contributed by atoms with E-state index in [9.17, 15) is 0 Å². The molecule has 1 fully saturated rings. The molecule has 2 aliphatic heterocycles. The summed E-state index contributed by atoms with van der Waals surface area (Å²) < 4.78 is 7.72. The smallest absolute Gasteiger partial charge is 0.133 e. The second kappa shape index (κ2) is 7.54. The summed E-state index contributed by atoms with van der Waals surface area (Å²) in [5.41, 5.74) is 2.63. The van der Waals surface area contributed by atoms with Gasteiger partial charge in [-0.3, -0.25) is 0 Å². The van der Waals surface area contributed by atoms with Crippen LogP contribution < -0.4 is 10.2 Å². The van der Waals surface area contributed by atoms with Crippen LogP contribution in [0.1, 0.15) is 30.6 Å². The van der Waals surface area contributed by atoms with E-state index in [1.54, 1.807) is 0 Å². The van der Waals surface area contributed by atoms with E-state index in [1.807, 2.05) is 0 Å². The highest BCUT2D eigenvalue weighted by Gasteiger charge is 2.21. The quantitative estimate of drug-likeness (QED) is 0.898. The van der Waals surface area contributed by atoms with Gasteiger partial charge in [0.05, 0.1) is 13.2 Å². The topological polar surface area (TPSA) is 55.2 Å². The molecule has 25 heavy (non-hydrogen) atoms. The van der Waals surface area contributed by atoms with Gasteiger partial charge in [-0.05, 0) is 24.1 Å². The molecular weight excluding hydrogens is 314 g/mol. The summed E-state index contributed by atoms with van der Waals surface area (Å²) in [4.78, 5) is 2.39. The monoisotopic (exact) mass is 341 g/mol. The van der Waals surface area contributed by atoms with Crippen LogP contribution in [0.4, 0.5) is 5.69 Å². The number of nitrogens with zero attached hydrogens (tertiary/aromatic N) is 4. The zero-order chi connectivity index (χ0) is 17.1. The molecule has 0 aliphatic carbocycles. The number of benzene rings is 1. The summed E-state index contributed by atoms with van der Waals surface area (Å²) in [6, 6.07) is 9.43. The van der Waals surface area contributed by atoms with Crippen molar-refractivity contribution in [1.29, 1.82) is 0 Å². The van der Waals surface area contributed by atoms with Crippen molar-refractivity contribution in [1.82, 2.24) is 20.1 Å². The highest BCUT2D eigenvalue weighted by atomic mass is 16.5. The number of anilines is 1. The maximum absolute atomic E-state index is 5.42. The number of hydrogen-bond donors (Lipinski definition) is 1. The van der Waals surface area contributed by atoms with Crippen molar-refractivity contribution in [2.75, 3.05) is 31.2 Å². The highest BCUT2D eigenvalue weighted by Crippen LogP contribution is 2.18. The maximum Gasteiger partial charge on any atom is 0.133 e. The number of ether oxygens (including phenoxy) is 1. The number of rotatable bonds is 5. The van der Waals surface area contributed by atoms with Crippen molar-refractivity contribution in [2.24, 2.45) is 0 Å². The van der Waals surface area contributed by atoms with Crippen molar-refractivity contribution >= 4 is 5.69 Å². The van der Waals surface area contributed by atoms with E-state index in [2.05, 4.69) is 56.2 Å². The third kappa shape index (κ3) is 3.70. The standard InChI is InChI=1S/C19H27N5O/c1-2-18-21-22-19-8-5-16(14-24(18)19)20-13-15-3-6-17(7-4-15)23-9-11-25-12-10-23/h3-4,6-7,16,20H,2,5,8-14H2,1H3/t16-/m1/s1. The van der Waals surface area contributed by atoms with Gasteiger partial charge in [-0.25, -0.2) is 0 Å². The lowest BCUT2D eigenvalue weighted by Gasteiger charge is -2.29. The fourth-order valence-electron chi connectivity index (χ4n) is 3.72. The fraction of sp³-hybridized carbons (Fsp3) is 0.579. The van der Waals surface area contributed by atoms with Gasteiger partial charge in [-0.15, -0.1) is 10.2 Å². The van der Waals surface area contributed by atoms with E-state index in [1.165, 1.54) is 11.3 Å². The minimum Gasteiger partial charge on any atom is -0.378 e. The Morgan fingerprint density at radius 2 is 1.96 bits per heavy atom. The summed E-state index contributed by atoms with van der Waals surface area (Å²) in [6.07, 6.45) is 3.09. The van der Waals surface area contributed by atoms with Gasteiger partial charge >= 0.3 is 0 Å². The highest BCUT2D eigenvalue weighted by molar-refractivity contribution is 5.47. The van der Waals surface area contributed by atoms with Gasteiger partial charge in [-0.1, -0.05) is 19.1 Å². The third-order valence-electron chi connectivity index (χ3n) is 5.25. The number of aromatic nitrogens is 3. The van der Waals surface area contributed by atoms with Crippen molar-refractivity contribution < 1.29 is 4.74 Å². The minimum atomic E-state index is 0.493. The summed E-state index contributed by atoms with van der Waals surface area (Å²) in [5, 5.41) is 12.3. The summed E-state index contributed by atoms with van der Waals surface area (Å²) in [7, 11) is 0. The molecule has 2 aromatic rings. The maximum atomic E-state index is 5.42. The minimum absolute atomic E-state index is 0.493. The van der Waals surface area contributed by atoms with E-state index in [-0.39, 0.29) is 0 Å². The molecule has 0 unspecified atom stereocenters. The third-order valence-corrected chi connectivity index (χ3v) is 5.25. The molecule has 6 heteroatoms. The Labute approximate surface area is 149 Å². The molecule has 6 nitrogen and oxygen atoms in total. The summed E-state index contributed by atoms with van der Waals surface area (Å²) in [5.74, 6) is 2.25. The zero-order valence-corrected chi connectivity index (χ0v) is 14.9. The molecular formula is C19H27N5O. The largest absolute Gasteiger partial charge is 0.378 e. The number of fused-ring (bicyclic) bond motifs is 1. The van der Waals surface area contributed by atoms with Gasteiger partial charge in [-0.2, -0.15) is 0 Å². The first-order valence-electron chi connectivity index (χ1n) is 9.39. The first kappa shape index (κ1) is 16.5. The number of hydrogen-bond acceptors (Lipinski definition) is 5. The predicted molar refractivity (Wildman–Crippen MR) is 97.8 cm³/mol. The molecule has 0 radical (unpaired) electrons. The van der Waals surface area contributed by atoms with Crippen LogP contribution in [0.2, 0.25) is 0 Å². The van der Waals surface area contributed by atoms with Crippen LogP contribution in [0, 0.1) is 0 Å². The Hall–Kier alpha value is -1.92. The van der Waals surface area contributed by atoms with Gasteiger partial charge in [0, 0.05) is 50.7 Å². The molecule has 0 spiro atoms. The second-order valence-corrected chi connectivity index (χ2v) is 6.88. The van der Waals surface area contributed by atoms with E-state index in [0.29, 0.717) is 6.04 Å². The first-order valence-corrected chi connectivity index (χ1v) is 9.39. The molecule has 3 heterocycles. The molecule has 1 atom stereocenters. The average Bonchev–Trinajstić information content (AvgIpc) is 3.10. The average molecular weight is 341 g/mol. The molecule has 0 saturated carbocycles. The summed E-state index contributed by atoms with van der Waals surface area (Å²) >= 11 is 0. The molecule has 1 N–H and O–H groups in total. The van der Waals surface area contributed by atoms with E-state index in [4.69, 9.17) is 4.74 Å². The van der Waals surface area contributed by atoms with Gasteiger partial charge < -0.3 is 19.5 Å².